The van der Waals surface area contributed by atoms with E-state index in [1.807, 2.05) is 0 Å². The maximum atomic E-state index is 8.69. The molecule has 0 heterocycles. The lowest BCUT2D eigenvalue weighted by atomic mass is 10.2. The van der Waals surface area contributed by atoms with E-state index in [1.54, 1.807) is 26.4 Å². The number of hydrogen-bond donors (Lipinski definition) is 2. The fourth-order valence-electron chi connectivity index (χ4n) is 1.30. The van der Waals surface area contributed by atoms with E-state index in [0.717, 1.165) is 5.69 Å². The van der Waals surface area contributed by atoms with Crippen LogP contribution in [0.15, 0.2) is 12.1 Å². The number of rotatable bonds is 6. The van der Waals surface area contributed by atoms with Crippen LogP contribution in [0.2, 0.25) is 5.02 Å². The molecule has 1 aromatic rings. The van der Waals surface area contributed by atoms with Crippen molar-refractivity contribution in [3.63, 3.8) is 0 Å². The van der Waals surface area contributed by atoms with Gasteiger partial charge in [-0.1, -0.05) is 11.6 Å². The van der Waals surface area contributed by atoms with Crippen molar-refractivity contribution in [1.29, 1.82) is 0 Å². The Balaban J connectivity index is 2.85. The van der Waals surface area contributed by atoms with Gasteiger partial charge in [0.05, 0.1) is 24.9 Å². The maximum absolute atomic E-state index is 8.69. The number of aliphatic hydroxyl groups is 1. The number of hydrogen-bond acceptors (Lipinski definition) is 4. The van der Waals surface area contributed by atoms with Gasteiger partial charge in [0.1, 0.15) is 11.5 Å². The van der Waals surface area contributed by atoms with E-state index in [1.165, 1.54) is 0 Å². The SMILES string of the molecule is COc1cc(OC)c(NCCCO)cc1Cl. The lowest BCUT2D eigenvalue weighted by Gasteiger charge is -2.13. The number of aliphatic hydroxyl groups excluding tert-OH is 1. The van der Waals surface area contributed by atoms with Crippen LogP contribution < -0.4 is 14.8 Å². The molecule has 0 unspecified atom stereocenters. The van der Waals surface area contributed by atoms with Gasteiger partial charge in [-0.2, -0.15) is 0 Å². The number of ether oxygens (including phenoxy) is 2. The van der Waals surface area contributed by atoms with Gasteiger partial charge in [0, 0.05) is 19.2 Å². The Hall–Kier alpha value is -1.13. The molecule has 0 spiro atoms. The summed E-state index contributed by atoms with van der Waals surface area (Å²) in [6.07, 6.45) is 0.673. The first-order valence-electron chi connectivity index (χ1n) is 4.99. The van der Waals surface area contributed by atoms with Crippen molar-refractivity contribution in [3.8, 4) is 11.5 Å². The predicted molar refractivity (Wildman–Crippen MR) is 64.7 cm³/mol. The minimum atomic E-state index is 0.152. The first kappa shape index (κ1) is 12.9. The molecule has 16 heavy (non-hydrogen) atoms. The Labute approximate surface area is 100 Å². The van der Waals surface area contributed by atoms with Crippen molar-refractivity contribution in [3.05, 3.63) is 17.2 Å². The fourth-order valence-corrected chi connectivity index (χ4v) is 1.54. The molecule has 1 rings (SSSR count). The average molecular weight is 246 g/mol. The standard InChI is InChI=1S/C11H16ClNO3/c1-15-10-7-11(16-2)9(6-8(10)12)13-4-3-5-14/h6-7,13-14H,3-5H2,1-2H3. The molecule has 0 saturated carbocycles. The second-order valence-corrected chi connectivity index (χ2v) is 3.60. The molecule has 5 heteroatoms. The van der Waals surface area contributed by atoms with E-state index in [2.05, 4.69) is 5.32 Å². The van der Waals surface area contributed by atoms with Gasteiger partial charge in [-0.3, -0.25) is 0 Å². The molecule has 0 aromatic heterocycles. The van der Waals surface area contributed by atoms with Gasteiger partial charge in [-0.25, -0.2) is 0 Å². The Morgan fingerprint density at radius 3 is 2.50 bits per heavy atom. The van der Waals surface area contributed by atoms with Gasteiger partial charge in [0.25, 0.3) is 0 Å². The molecular formula is C11H16ClNO3. The molecule has 0 aliphatic carbocycles. The van der Waals surface area contributed by atoms with Crippen LogP contribution in [0, 0.1) is 0 Å². The van der Waals surface area contributed by atoms with Crippen molar-refractivity contribution in [2.45, 2.75) is 6.42 Å². The highest BCUT2D eigenvalue weighted by Gasteiger charge is 2.09. The second-order valence-electron chi connectivity index (χ2n) is 3.19. The van der Waals surface area contributed by atoms with Gasteiger partial charge < -0.3 is 19.9 Å². The quantitative estimate of drug-likeness (QED) is 0.754. The van der Waals surface area contributed by atoms with Gasteiger partial charge >= 0.3 is 0 Å². The number of benzene rings is 1. The van der Waals surface area contributed by atoms with Crippen LogP contribution >= 0.6 is 11.6 Å². The van der Waals surface area contributed by atoms with Gasteiger partial charge in [0.15, 0.2) is 0 Å². The summed E-state index contributed by atoms with van der Waals surface area (Å²) in [5, 5.41) is 12.3. The molecule has 1 aromatic carbocycles. The summed E-state index contributed by atoms with van der Waals surface area (Å²) in [5.74, 6) is 1.24. The number of anilines is 1. The van der Waals surface area contributed by atoms with Crippen molar-refractivity contribution in [2.75, 3.05) is 32.7 Å². The van der Waals surface area contributed by atoms with Crippen molar-refractivity contribution < 1.29 is 14.6 Å². The molecule has 0 aliphatic rings. The van der Waals surface area contributed by atoms with Crippen molar-refractivity contribution >= 4 is 17.3 Å². The zero-order chi connectivity index (χ0) is 12.0. The van der Waals surface area contributed by atoms with Gasteiger partial charge in [0.2, 0.25) is 0 Å². The third-order valence-corrected chi connectivity index (χ3v) is 2.42. The minimum absolute atomic E-state index is 0.152. The van der Waals surface area contributed by atoms with E-state index in [0.29, 0.717) is 29.5 Å². The summed E-state index contributed by atoms with van der Waals surface area (Å²) >= 11 is 6.00. The first-order chi connectivity index (χ1) is 7.72. The molecule has 0 saturated heterocycles. The van der Waals surface area contributed by atoms with E-state index >= 15 is 0 Å². The zero-order valence-electron chi connectivity index (χ0n) is 9.42. The maximum Gasteiger partial charge on any atom is 0.145 e. The Bertz CT molecular complexity index is 344. The molecule has 0 fully saturated rings. The van der Waals surface area contributed by atoms with Crippen molar-refractivity contribution in [1.82, 2.24) is 0 Å². The van der Waals surface area contributed by atoms with Crippen LogP contribution in [0.3, 0.4) is 0 Å². The monoisotopic (exact) mass is 245 g/mol. The first-order valence-corrected chi connectivity index (χ1v) is 5.37. The molecule has 4 nitrogen and oxygen atoms in total. The molecule has 0 bridgehead atoms. The third kappa shape index (κ3) is 3.18. The van der Waals surface area contributed by atoms with E-state index in [9.17, 15) is 0 Å². The summed E-state index contributed by atoms with van der Waals surface area (Å²) in [6, 6.07) is 3.47. The van der Waals surface area contributed by atoms with E-state index in [-0.39, 0.29) is 6.61 Å². The molecule has 0 amide bonds. The largest absolute Gasteiger partial charge is 0.495 e. The summed E-state index contributed by atoms with van der Waals surface area (Å²) in [4.78, 5) is 0. The molecule has 0 atom stereocenters. The Morgan fingerprint density at radius 2 is 1.94 bits per heavy atom. The fraction of sp³-hybridized carbons (Fsp3) is 0.455. The Kier molecular flexibility index (Phi) is 5.22. The summed E-state index contributed by atoms with van der Waals surface area (Å²) in [5.41, 5.74) is 0.793. The Morgan fingerprint density at radius 1 is 1.25 bits per heavy atom. The third-order valence-electron chi connectivity index (χ3n) is 2.12. The predicted octanol–water partition coefficient (Wildman–Crippen LogP) is 2.15. The highest BCUT2D eigenvalue weighted by molar-refractivity contribution is 6.32. The van der Waals surface area contributed by atoms with E-state index < -0.39 is 0 Å². The van der Waals surface area contributed by atoms with Gasteiger partial charge in [-0.15, -0.1) is 0 Å². The van der Waals surface area contributed by atoms with Gasteiger partial charge in [-0.05, 0) is 12.5 Å². The van der Waals surface area contributed by atoms with E-state index in [4.69, 9.17) is 26.2 Å². The smallest absolute Gasteiger partial charge is 0.145 e. The van der Waals surface area contributed by atoms with Crippen molar-refractivity contribution in [2.24, 2.45) is 0 Å². The highest BCUT2D eigenvalue weighted by atomic mass is 35.5. The molecule has 0 aliphatic heterocycles. The topological polar surface area (TPSA) is 50.7 Å². The number of nitrogens with one attached hydrogen (secondary N) is 1. The number of halogens is 1. The van der Waals surface area contributed by atoms with Crippen LogP contribution in [0.25, 0.3) is 0 Å². The zero-order valence-corrected chi connectivity index (χ0v) is 10.2. The summed E-state index contributed by atoms with van der Waals surface area (Å²) in [6.45, 7) is 0.814. The highest BCUT2D eigenvalue weighted by Crippen LogP contribution is 2.35. The lowest BCUT2D eigenvalue weighted by Crippen LogP contribution is -2.05. The van der Waals surface area contributed by atoms with Crippen LogP contribution in [0.5, 0.6) is 11.5 Å². The molecule has 2 N–H and O–H groups in total. The lowest BCUT2D eigenvalue weighted by molar-refractivity contribution is 0.292. The normalized spacial score (nSPS) is 10.0. The summed E-state index contributed by atoms with van der Waals surface area (Å²) in [7, 11) is 3.14. The van der Waals surface area contributed by atoms with Crippen LogP contribution in [-0.2, 0) is 0 Å². The van der Waals surface area contributed by atoms with Crippen LogP contribution in [0.4, 0.5) is 5.69 Å². The molecule has 0 radical (unpaired) electrons. The van der Waals surface area contributed by atoms with Crippen LogP contribution in [0.1, 0.15) is 6.42 Å². The summed E-state index contributed by atoms with van der Waals surface area (Å²) < 4.78 is 10.3. The molecule has 90 valence electrons. The minimum Gasteiger partial charge on any atom is -0.495 e. The number of methoxy groups -OCH3 is 2. The molecular weight excluding hydrogens is 230 g/mol. The average Bonchev–Trinajstić information content (AvgIpc) is 2.30. The van der Waals surface area contributed by atoms with Crippen LogP contribution in [-0.4, -0.2) is 32.5 Å². The second kappa shape index (κ2) is 6.45.